The summed E-state index contributed by atoms with van der Waals surface area (Å²) < 4.78 is 36.4. The number of fused-ring (bicyclic) bond motifs is 1. The molecule has 2 N–H and O–H groups in total. The summed E-state index contributed by atoms with van der Waals surface area (Å²) in [6.07, 6.45) is -2.61. The molecule has 49 heavy (non-hydrogen) atoms. The predicted molar refractivity (Wildman–Crippen MR) is 166 cm³/mol. The molecule has 3 heterocycles. The smallest absolute Gasteiger partial charge is 0.340 e. The molecule has 1 spiro atoms. The number of furan rings is 1. The molecule has 0 radical (unpaired) electrons. The maximum Gasteiger partial charge on any atom is 0.340 e. The van der Waals surface area contributed by atoms with Crippen molar-refractivity contribution in [3.63, 3.8) is 0 Å². The van der Waals surface area contributed by atoms with E-state index in [0.717, 1.165) is 5.56 Å². The number of Topliss-reactive ketones (excluding diaryl/α,β-unsaturated/α-hetero) is 1. The number of ether oxygens (including phenoxy) is 5. The number of rotatable bonds is 5. The van der Waals surface area contributed by atoms with Gasteiger partial charge in [-0.25, -0.2) is 4.79 Å². The van der Waals surface area contributed by atoms with Crippen LogP contribution in [0.15, 0.2) is 53.3 Å². The Hall–Kier alpha value is -3.58. The van der Waals surface area contributed by atoms with E-state index < -0.39 is 93.5 Å². The maximum absolute atomic E-state index is 15.4. The van der Waals surface area contributed by atoms with Gasteiger partial charge in [0.15, 0.2) is 11.9 Å². The molecule has 1 aromatic heterocycles. The molecule has 2 bridgehead atoms. The number of hydrogen-bond donors (Lipinski definition) is 2. The lowest BCUT2D eigenvalue weighted by Gasteiger charge is -2.73. The molecule has 4 saturated carbocycles. The van der Waals surface area contributed by atoms with Crippen LogP contribution in [0.25, 0.3) is 0 Å². The Kier molecular flexibility index (Phi) is 6.97. The quantitative estimate of drug-likeness (QED) is 0.269. The van der Waals surface area contributed by atoms with E-state index >= 15 is 4.79 Å². The molecule has 1 aromatic carbocycles. The van der Waals surface area contributed by atoms with E-state index in [9.17, 15) is 24.6 Å². The summed E-state index contributed by atoms with van der Waals surface area (Å²) in [6, 6.07) is 10.2. The van der Waals surface area contributed by atoms with Gasteiger partial charge in [0.25, 0.3) is 0 Å². The van der Waals surface area contributed by atoms with E-state index in [1.165, 1.54) is 13.8 Å². The summed E-state index contributed by atoms with van der Waals surface area (Å²) in [4.78, 5) is 54.0. The summed E-state index contributed by atoms with van der Waals surface area (Å²) in [6.45, 7) is 7.83. The zero-order valence-electron chi connectivity index (χ0n) is 28.1. The highest BCUT2D eigenvalue weighted by Gasteiger charge is 2.92. The van der Waals surface area contributed by atoms with Crippen molar-refractivity contribution in [2.24, 2.45) is 33.5 Å². The number of epoxide rings is 1. The first-order valence-corrected chi connectivity index (χ1v) is 17.0. The molecule has 0 amide bonds. The van der Waals surface area contributed by atoms with Gasteiger partial charge in [0.1, 0.15) is 11.7 Å². The summed E-state index contributed by atoms with van der Waals surface area (Å²) in [5.74, 6) is -4.48. The first-order chi connectivity index (χ1) is 23.2. The highest BCUT2D eigenvalue weighted by molar-refractivity contribution is 5.93. The molecular formula is C37H42O12. The SMILES string of the molecule is CC(=O)O[C@@H]1C[C@H](O)[C@@]23CO[C@@H](OC(=O)c4ccccc4)[C@]1(C)[C@@H]2C[C@@H](O)[C@]1(C)[C@@H]3C(=O)[C@H](OC(C)=O)[C@@]2(C)[C@H](c3ccoc3)C[C@H]3O[C@]321. The molecule has 12 nitrogen and oxygen atoms in total. The zero-order valence-corrected chi connectivity index (χ0v) is 28.1. The topological polar surface area (TPSA) is 171 Å². The number of ketones is 1. The minimum atomic E-state index is -1.36. The molecule has 6 aliphatic rings. The number of carbonyl (C=O) groups excluding carboxylic acids is 4. The number of aliphatic hydroxyl groups is 2. The van der Waals surface area contributed by atoms with E-state index in [2.05, 4.69) is 0 Å². The second-order valence-electron chi connectivity index (χ2n) is 15.6. The Balaban J connectivity index is 1.28. The van der Waals surface area contributed by atoms with Gasteiger partial charge in [-0.05, 0) is 49.4 Å². The van der Waals surface area contributed by atoms with Crippen molar-refractivity contribution in [1.82, 2.24) is 0 Å². The largest absolute Gasteiger partial charge is 0.472 e. The predicted octanol–water partition coefficient (Wildman–Crippen LogP) is 3.33. The van der Waals surface area contributed by atoms with Crippen LogP contribution < -0.4 is 0 Å². The van der Waals surface area contributed by atoms with Gasteiger partial charge in [-0.1, -0.05) is 32.0 Å². The third-order valence-electron chi connectivity index (χ3n) is 13.8. The van der Waals surface area contributed by atoms with Crippen molar-refractivity contribution < 1.29 is 57.5 Å². The summed E-state index contributed by atoms with van der Waals surface area (Å²) in [5, 5.41) is 24.8. The minimum absolute atomic E-state index is 0.0663. The normalized spacial score (nSPS) is 47.5. The number of benzene rings is 1. The minimum Gasteiger partial charge on any atom is -0.472 e. The number of aliphatic hydroxyl groups excluding tert-OH is 2. The Morgan fingerprint density at radius 3 is 2.24 bits per heavy atom. The first-order valence-electron chi connectivity index (χ1n) is 17.0. The molecule has 0 unspecified atom stereocenters. The summed E-state index contributed by atoms with van der Waals surface area (Å²) >= 11 is 0. The molecule has 262 valence electrons. The molecular weight excluding hydrogens is 636 g/mol. The van der Waals surface area contributed by atoms with Crippen LogP contribution in [0.5, 0.6) is 0 Å². The number of hydrogen-bond acceptors (Lipinski definition) is 12. The standard InChI is InChI=1S/C37H42O12/c1-18(38)46-26-15-25(41)36-17-45-32(48-31(43)20-9-7-6-8-10-20)33(26,3)23(36)14-24(40)35(5)29(36)28(42)30(47-19(2)39)34(4)22(21-11-12-44-16-21)13-27-37(34,35)49-27/h6-12,16,22-27,29-30,32,40-41H,13-15,17H2,1-5H3/t22-,23-,24+,25-,26+,27+,29-,30-,32-,33+,34+,35+,36+,37+/m0/s1. The fraction of sp³-hybridized carbons (Fsp3) is 0.622. The van der Waals surface area contributed by atoms with E-state index in [1.807, 2.05) is 19.9 Å². The maximum atomic E-state index is 15.4. The van der Waals surface area contributed by atoms with Crippen LogP contribution in [0.2, 0.25) is 0 Å². The van der Waals surface area contributed by atoms with Crippen LogP contribution in [0.3, 0.4) is 0 Å². The lowest BCUT2D eigenvalue weighted by atomic mass is 9.33. The van der Waals surface area contributed by atoms with Crippen molar-refractivity contribution in [3.05, 3.63) is 60.1 Å². The summed E-state index contributed by atoms with van der Waals surface area (Å²) in [5.41, 5.74) is -4.99. The highest BCUT2D eigenvalue weighted by Crippen LogP contribution is 2.83. The van der Waals surface area contributed by atoms with Gasteiger partial charge in [-0.3, -0.25) is 14.4 Å². The van der Waals surface area contributed by atoms with Crippen LogP contribution in [0.4, 0.5) is 0 Å². The molecule has 2 saturated heterocycles. The lowest BCUT2D eigenvalue weighted by Crippen LogP contribution is -2.82. The van der Waals surface area contributed by atoms with Crippen molar-refractivity contribution in [1.29, 1.82) is 0 Å². The fourth-order valence-electron chi connectivity index (χ4n) is 11.9. The molecule has 6 fully saturated rings. The fourth-order valence-corrected chi connectivity index (χ4v) is 11.9. The molecule has 8 rings (SSSR count). The van der Waals surface area contributed by atoms with Gasteiger partial charge in [-0.15, -0.1) is 0 Å². The van der Waals surface area contributed by atoms with Crippen LogP contribution in [0.1, 0.15) is 75.7 Å². The average molecular weight is 679 g/mol. The molecule has 14 atom stereocenters. The van der Waals surface area contributed by atoms with Gasteiger partial charge >= 0.3 is 17.9 Å². The average Bonchev–Trinajstić information content (AvgIpc) is 3.41. The molecule has 4 aliphatic carbocycles. The summed E-state index contributed by atoms with van der Waals surface area (Å²) in [7, 11) is 0. The number of esters is 3. The molecule has 2 aliphatic heterocycles. The van der Waals surface area contributed by atoms with Crippen molar-refractivity contribution >= 4 is 23.7 Å². The first kappa shape index (κ1) is 32.6. The molecule has 2 aromatic rings. The highest BCUT2D eigenvalue weighted by atomic mass is 16.7. The zero-order chi connectivity index (χ0) is 34.9. The Morgan fingerprint density at radius 1 is 0.878 bits per heavy atom. The van der Waals surface area contributed by atoms with Crippen LogP contribution in [-0.4, -0.2) is 82.9 Å². The van der Waals surface area contributed by atoms with E-state index in [1.54, 1.807) is 49.8 Å². The van der Waals surface area contributed by atoms with E-state index in [-0.39, 0.29) is 37.0 Å². The van der Waals surface area contributed by atoms with Gasteiger partial charge < -0.3 is 38.3 Å². The molecule has 12 heteroatoms. The lowest BCUT2D eigenvalue weighted by molar-refractivity contribution is -0.372. The Labute approximate surface area is 283 Å². The van der Waals surface area contributed by atoms with Gasteiger partial charge in [0, 0.05) is 42.9 Å². The van der Waals surface area contributed by atoms with Gasteiger partial charge in [-0.2, -0.15) is 0 Å². The van der Waals surface area contributed by atoms with E-state index in [4.69, 9.17) is 28.1 Å². The van der Waals surface area contributed by atoms with Crippen molar-refractivity contribution in [2.45, 2.75) is 102 Å². The van der Waals surface area contributed by atoms with Crippen molar-refractivity contribution in [3.8, 4) is 0 Å². The van der Waals surface area contributed by atoms with E-state index in [0.29, 0.717) is 6.42 Å². The van der Waals surface area contributed by atoms with Gasteiger partial charge in [0.2, 0.25) is 6.29 Å². The van der Waals surface area contributed by atoms with Gasteiger partial charge in [0.05, 0.1) is 53.8 Å². The second-order valence-corrected chi connectivity index (χ2v) is 15.6. The monoisotopic (exact) mass is 678 g/mol. The third-order valence-corrected chi connectivity index (χ3v) is 13.8. The van der Waals surface area contributed by atoms with Crippen molar-refractivity contribution in [2.75, 3.05) is 6.61 Å². The van der Waals surface area contributed by atoms with Crippen LogP contribution >= 0.6 is 0 Å². The Bertz CT molecular complexity index is 1710. The third kappa shape index (κ3) is 3.83. The van der Waals surface area contributed by atoms with Crippen LogP contribution in [0, 0.1) is 33.5 Å². The number of carbonyl (C=O) groups is 4. The second kappa shape index (κ2) is 10.5. The Morgan fingerprint density at radius 2 is 1.59 bits per heavy atom. The van der Waals surface area contributed by atoms with Crippen LogP contribution in [-0.2, 0) is 38.1 Å².